The number of urea groups is 1. The highest BCUT2D eigenvalue weighted by Crippen LogP contribution is 2.25. The number of aliphatic carboxylic acids is 1. The molecule has 0 saturated heterocycles. The summed E-state index contributed by atoms with van der Waals surface area (Å²) in [5.74, 6) is -0.806. The third kappa shape index (κ3) is 5.17. The van der Waals surface area contributed by atoms with Gasteiger partial charge in [0.1, 0.15) is 0 Å². The van der Waals surface area contributed by atoms with Crippen LogP contribution in [-0.2, 0) is 11.2 Å². The van der Waals surface area contributed by atoms with E-state index in [2.05, 4.69) is 15.6 Å². The van der Waals surface area contributed by atoms with E-state index in [1.54, 1.807) is 11.3 Å². The third-order valence-electron chi connectivity index (χ3n) is 4.35. The van der Waals surface area contributed by atoms with Crippen molar-refractivity contribution in [3.63, 3.8) is 0 Å². The number of carbonyl (C=O) groups excluding carboxylic acids is 1. The molecule has 2 rings (SSSR count). The zero-order chi connectivity index (χ0) is 17.7. The van der Waals surface area contributed by atoms with Crippen molar-refractivity contribution in [2.24, 2.45) is 0 Å². The second-order valence-electron chi connectivity index (χ2n) is 6.17. The summed E-state index contributed by atoms with van der Waals surface area (Å²) in [6, 6.07) is 0.225. The molecule has 0 aliphatic heterocycles. The number of carbonyl (C=O) groups is 2. The zero-order valence-corrected chi connectivity index (χ0v) is 15.3. The minimum Gasteiger partial charge on any atom is -0.480 e. The Balaban J connectivity index is 1.64. The number of thiazole rings is 1. The number of aryl methyl sites for hydroxylation is 2. The van der Waals surface area contributed by atoms with Gasteiger partial charge in [-0.25, -0.2) is 9.78 Å². The van der Waals surface area contributed by atoms with Gasteiger partial charge in [-0.05, 0) is 33.2 Å². The molecule has 134 valence electrons. The fraction of sp³-hybridized carbons (Fsp3) is 0.688. The number of aromatic nitrogens is 1. The second-order valence-corrected chi connectivity index (χ2v) is 7.46. The zero-order valence-electron chi connectivity index (χ0n) is 14.5. The summed E-state index contributed by atoms with van der Waals surface area (Å²) in [7, 11) is 0. The number of nitrogens with zero attached hydrogens (tertiary/aromatic N) is 2. The first-order chi connectivity index (χ1) is 11.4. The van der Waals surface area contributed by atoms with Gasteiger partial charge in [-0.15, -0.1) is 11.3 Å². The molecule has 1 fully saturated rings. The Morgan fingerprint density at radius 2 is 2.08 bits per heavy atom. The van der Waals surface area contributed by atoms with Gasteiger partial charge >= 0.3 is 12.0 Å². The van der Waals surface area contributed by atoms with Crippen molar-refractivity contribution in [3.05, 3.63) is 15.6 Å². The lowest BCUT2D eigenvalue weighted by Gasteiger charge is -2.42. The number of hydrogen-bond acceptors (Lipinski definition) is 5. The molecular weight excluding hydrogens is 328 g/mol. The first-order valence-electron chi connectivity index (χ1n) is 8.32. The molecule has 7 nitrogen and oxygen atoms in total. The highest BCUT2D eigenvalue weighted by molar-refractivity contribution is 7.11. The lowest BCUT2D eigenvalue weighted by atomic mass is 9.85. The summed E-state index contributed by atoms with van der Waals surface area (Å²) in [6.45, 7) is 7.30. The normalized spacial score (nSPS) is 19.8. The predicted molar refractivity (Wildman–Crippen MR) is 93.5 cm³/mol. The number of nitrogens with one attached hydrogen (secondary N) is 2. The van der Waals surface area contributed by atoms with E-state index in [-0.39, 0.29) is 24.7 Å². The molecule has 1 aliphatic carbocycles. The van der Waals surface area contributed by atoms with Crippen LogP contribution >= 0.6 is 11.3 Å². The minimum absolute atomic E-state index is 0.0632. The molecule has 1 saturated carbocycles. The smallest absolute Gasteiger partial charge is 0.317 e. The molecule has 0 aromatic carbocycles. The summed E-state index contributed by atoms with van der Waals surface area (Å²) < 4.78 is 0. The fourth-order valence-corrected chi connectivity index (χ4v) is 3.94. The van der Waals surface area contributed by atoms with E-state index in [0.29, 0.717) is 13.1 Å². The largest absolute Gasteiger partial charge is 0.480 e. The van der Waals surface area contributed by atoms with Crippen LogP contribution in [0.4, 0.5) is 4.79 Å². The van der Waals surface area contributed by atoms with E-state index in [9.17, 15) is 9.59 Å². The second kappa shape index (κ2) is 8.43. The van der Waals surface area contributed by atoms with Crippen molar-refractivity contribution in [2.45, 2.75) is 52.1 Å². The Kier molecular flexibility index (Phi) is 6.56. The maximum Gasteiger partial charge on any atom is 0.317 e. The van der Waals surface area contributed by atoms with Crippen LogP contribution in [0.1, 0.15) is 35.3 Å². The molecule has 0 radical (unpaired) electrons. The molecule has 3 N–H and O–H groups in total. The van der Waals surface area contributed by atoms with Gasteiger partial charge in [-0.1, -0.05) is 6.92 Å². The highest BCUT2D eigenvalue weighted by atomic mass is 32.1. The Labute approximate surface area is 146 Å². The summed E-state index contributed by atoms with van der Waals surface area (Å²) >= 11 is 1.67. The molecule has 0 unspecified atom stereocenters. The molecule has 2 amide bonds. The van der Waals surface area contributed by atoms with Gasteiger partial charge in [-0.2, -0.15) is 0 Å². The lowest BCUT2D eigenvalue weighted by molar-refractivity contribution is -0.139. The molecule has 0 atom stereocenters. The van der Waals surface area contributed by atoms with Crippen LogP contribution in [-0.4, -0.2) is 58.7 Å². The molecule has 1 aliphatic rings. The van der Waals surface area contributed by atoms with Crippen LogP contribution in [0.3, 0.4) is 0 Å². The Bertz CT molecular complexity index is 584. The first-order valence-corrected chi connectivity index (χ1v) is 9.13. The molecule has 1 aromatic rings. The standard InChI is InChI=1S/C16H26N4O3S/c1-4-20(9-15(21)22)13-7-12(8-13)19-16(23)17-6-5-14-10(2)18-11(3)24-14/h12-13H,4-9H2,1-3H3,(H,21,22)(H2,17,19,23). The maximum atomic E-state index is 11.9. The molecule has 1 aromatic heterocycles. The van der Waals surface area contributed by atoms with E-state index >= 15 is 0 Å². The number of carboxylic acid groups (broad SMARTS) is 1. The monoisotopic (exact) mass is 354 g/mol. The topological polar surface area (TPSA) is 94.6 Å². The van der Waals surface area contributed by atoms with Gasteiger partial charge in [0.15, 0.2) is 0 Å². The number of carboxylic acids is 1. The van der Waals surface area contributed by atoms with Crippen LogP contribution in [0.5, 0.6) is 0 Å². The summed E-state index contributed by atoms with van der Waals surface area (Å²) in [4.78, 5) is 30.2. The van der Waals surface area contributed by atoms with Crippen molar-refractivity contribution >= 4 is 23.3 Å². The van der Waals surface area contributed by atoms with Crippen LogP contribution in [0.25, 0.3) is 0 Å². The predicted octanol–water partition coefficient (Wildman–Crippen LogP) is 1.54. The molecule has 0 bridgehead atoms. The summed E-state index contributed by atoms with van der Waals surface area (Å²) in [6.07, 6.45) is 2.41. The third-order valence-corrected chi connectivity index (χ3v) is 5.48. The van der Waals surface area contributed by atoms with Crippen LogP contribution in [0.15, 0.2) is 0 Å². The average molecular weight is 354 g/mol. The van der Waals surface area contributed by atoms with Gasteiger partial charge in [0.2, 0.25) is 0 Å². The Morgan fingerprint density at radius 3 is 2.62 bits per heavy atom. The number of likely N-dealkylation sites (N-methyl/N-ethyl adjacent to an activating group) is 1. The summed E-state index contributed by atoms with van der Waals surface area (Å²) in [5.41, 5.74) is 1.04. The Hall–Kier alpha value is -1.67. The first kappa shape index (κ1) is 18.7. The van der Waals surface area contributed by atoms with Crippen LogP contribution in [0, 0.1) is 13.8 Å². The summed E-state index contributed by atoms with van der Waals surface area (Å²) in [5, 5.41) is 15.8. The van der Waals surface area contributed by atoms with Gasteiger partial charge in [-0.3, -0.25) is 9.69 Å². The van der Waals surface area contributed by atoms with Crippen LogP contribution in [0.2, 0.25) is 0 Å². The van der Waals surface area contributed by atoms with E-state index in [1.165, 1.54) is 4.88 Å². The van der Waals surface area contributed by atoms with Gasteiger partial charge in [0.25, 0.3) is 0 Å². The number of hydrogen-bond donors (Lipinski definition) is 3. The lowest BCUT2D eigenvalue weighted by Crippen LogP contribution is -2.56. The SMILES string of the molecule is CCN(CC(=O)O)C1CC(NC(=O)NCCc2sc(C)nc2C)C1. The van der Waals surface area contributed by atoms with Gasteiger partial charge < -0.3 is 15.7 Å². The molecule has 24 heavy (non-hydrogen) atoms. The number of rotatable bonds is 8. The highest BCUT2D eigenvalue weighted by Gasteiger charge is 2.34. The van der Waals surface area contributed by atoms with Gasteiger partial charge in [0.05, 0.1) is 17.2 Å². The van der Waals surface area contributed by atoms with E-state index in [4.69, 9.17) is 5.11 Å². The van der Waals surface area contributed by atoms with E-state index in [0.717, 1.165) is 30.0 Å². The Morgan fingerprint density at radius 1 is 1.38 bits per heavy atom. The quantitative estimate of drug-likeness (QED) is 0.658. The van der Waals surface area contributed by atoms with Crippen molar-refractivity contribution in [1.29, 1.82) is 0 Å². The van der Waals surface area contributed by atoms with Crippen LogP contribution < -0.4 is 10.6 Å². The minimum atomic E-state index is -0.806. The van der Waals surface area contributed by atoms with Crippen molar-refractivity contribution in [2.75, 3.05) is 19.6 Å². The van der Waals surface area contributed by atoms with Crippen molar-refractivity contribution in [3.8, 4) is 0 Å². The molecular formula is C16H26N4O3S. The average Bonchev–Trinajstić information content (AvgIpc) is 2.78. The molecule has 0 spiro atoms. The van der Waals surface area contributed by atoms with Gasteiger partial charge in [0, 0.05) is 29.9 Å². The fourth-order valence-electron chi connectivity index (χ4n) is 3.01. The maximum absolute atomic E-state index is 11.9. The van der Waals surface area contributed by atoms with Crippen molar-refractivity contribution in [1.82, 2.24) is 20.5 Å². The molecule has 1 heterocycles. The van der Waals surface area contributed by atoms with E-state index in [1.807, 2.05) is 25.7 Å². The number of amides is 2. The molecule has 8 heteroatoms. The van der Waals surface area contributed by atoms with E-state index < -0.39 is 5.97 Å². The van der Waals surface area contributed by atoms with Crippen molar-refractivity contribution < 1.29 is 14.7 Å².